The molecule has 0 bridgehead atoms. The third-order valence-electron chi connectivity index (χ3n) is 5.63. The van der Waals surface area contributed by atoms with Crippen LogP contribution in [0.2, 0.25) is 0 Å². The molecule has 1 aliphatic heterocycles. The van der Waals surface area contributed by atoms with Gasteiger partial charge in [-0.1, -0.05) is 44.9 Å². The van der Waals surface area contributed by atoms with Gasteiger partial charge in [0.2, 0.25) is 0 Å². The highest BCUT2D eigenvalue weighted by molar-refractivity contribution is 6.27. The van der Waals surface area contributed by atoms with Crippen LogP contribution in [0.5, 0.6) is 5.75 Å². The summed E-state index contributed by atoms with van der Waals surface area (Å²) < 4.78 is 5.73. The number of hydrogen-bond donors (Lipinski definition) is 1. The molecule has 1 N–H and O–H groups in total. The van der Waals surface area contributed by atoms with Gasteiger partial charge in [-0.2, -0.15) is 0 Å². The van der Waals surface area contributed by atoms with E-state index in [4.69, 9.17) is 4.74 Å². The number of carbonyl (C=O) groups is 2. The minimum atomic E-state index is -0.200. The molecule has 5 heteroatoms. The number of nitrogens with one attached hydrogen (secondary N) is 1. The van der Waals surface area contributed by atoms with Gasteiger partial charge in [-0.05, 0) is 49.2 Å². The summed E-state index contributed by atoms with van der Waals surface area (Å²) in [5.41, 5.74) is 2.87. The van der Waals surface area contributed by atoms with E-state index in [0.29, 0.717) is 35.7 Å². The maximum atomic E-state index is 13.0. The SMILES string of the molecule is CCCCOc1cccc(C(=O)Nc2ccc3c4c(cccc24)C(=O)N3CCCC)c1. The van der Waals surface area contributed by atoms with Gasteiger partial charge in [-0.3, -0.25) is 9.59 Å². The van der Waals surface area contributed by atoms with Crippen LogP contribution in [0.15, 0.2) is 54.6 Å². The van der Waals surface area contributed by atoms with E-state index in [1.807, 2.05) is 47.4 Å². The van der Waals surface area contributed by atoms with Crippen LogP contribution < -0.4 is 15.0 Å². The largest absolute Gasteiger partial charge is 0.494 e. The molecule has 0 fully saturated rings. The number of rotatable bonds is 9. The lowest BCUT2D eigenvalue weighted by Gasteiger charge is -2.17. The van der Waals surface area contributed by atoms with Gasteiger partial charge in [0.25, 0.3) is 11.8 Å². The van der Waals surface area contributed by atoms with Crippen molar-refractivity contribution in [3.63, 3.8) is 0 Å². The topological polar surface area (TPSA) is 58.6 Å². The van der Waals surface area contributed by atoms with Crippen molar-refractivity contribution in [2.24, 2.45) is 0 Å². The Morgan fingerprint density at radius 3 is 2.61 bits per heavy atom. The Labute approximate surface area is 183 Å². The van der Waals surface area contributed by atoms with Gasteiger partial charge < -0.3 is 15.0 Å². The fraction of sp³-hybridized carbons (Fsp3) is 0.308. The van der Waals surface area contributed by atoms with Gasteiger partial charge in [-0.25, -0.2) is 0 Å². The summed E-state index contributed by atoms with van der Waals surface area (Å²) >= 11 is 0. The van der Waals surface area contributed by atoms with Crippen molar-refractivity contribution < 1.29 is 14.3 Å². The molecule has 0 aliphatic carbocycles. The van der Waals surface area contributed by atoms with Crippen LogP contribution in [-0.2, 0) is 0 Å². The highest BCUT2D eigenvalue weighted by atomic mass is 16.5. The second kappa shape index (κ2) is 9.21. The summed E-state index contributed by atoms with van der Waals surface area (Å²) in [5.74, 6) is 0.530. The highest BCUT2D eigenvalue weighted by Gasteiger charge is 2.30. The van der Waals surface area contributed by atoms with Crippen molar-refractivity contribution >= 4 is 34.0 Å². The zero-order valence-corrected chi connectivity index (χ0v) is 18.1. The van der Waals surface area contributed by atoms with Crippen molar-refractivity contribution in [1.82, 2.24) is 0 Å². The van der Waals surface area contributed by atoms with Crippen LogP contribution in [0, 0.1) is 0 Å². The zero-order valence-electron chi connectivity index (χ0n) is 18.1. The monoisotopic (exact) mass is 416 g/mol. The first-order valence-electron chi connectivity index (χ1n) is 11.1. The molecule has 160 valence electrons. The van der Waals surface area contributed by atoms with Crippen LogP contribution in [0.4, 0.5) is 11.4 Å². The van der Waals surface area contributed by atoms with Gasteiger partial charge >= 0.3 is 0 Å². The average Bonchev–Trinajstić information content (AvgIpc) is 3.07. The number of benzene rings is 3. The average molecular weight is 417 g/mol. The van der Waals surface area contributed by atoms with E-state index in [2.05, 4.69) is 19.2 Å². The summed E-state index contributed by atoms with van der Waals surface area (Å²) in [6.45, 7) is 5.57. The lowest BCUT2D eigenvalue weighted by atomic mass is 10.0. The maximum Gasteiger partial charge on any atom is 0.258 e. The predicted octanol–water partition coefficient (Wildman–Crippen LogP) is 6.03. The van der Waals surface area contributed by atoms with E-state index < -0.39 is 0 Å². The van der Waals surface area contributed by atoms with Crippen molar-refractivity contribution in [3.05, 3.63) is 65.7 Å². The number of amides is 2. The Balaban J connectivity index is 1.61. The number of unbranched alkanes of at least 4 members (excludes halogenated alkanes) is 2. The molecule has 0 saturated carbocycles. The Hall–Kier alpha value is -3.34. The summed E-state index contributed by atoms with van der Waals surface area (Å²) in [6, 6.07) is 16.8. The number of ether oxygens (including phenoxy) is 1. The second-order valence-corrected chi connectivity index (χ2v) is 7.85. The fourth-order valence-electron chi connectivity index (χ4n) is 3.95. The number of anilines is 2. The van der Waals surface area contributed by atoms with E-state index in [0.717, 1.165) is 42.1 Å². The molecule has 31 heavy (non-hydrogen) atoms. The molecule has 0 atom stereocenters. The third kappa shape index (κ3) is 4.13. The molecular weight excluding hydrogens is 388 g/mol. The first-order chi connectivity index (χ1) is 15.1. The van der Waals surface area contributed by atoms with E-state index >= 15 is 0 Å². The fourth-order valence-corrected chi connectivity index (χ4v) is 3.95. The summed E-state index contributed by atoms with van der Waals surface area (Å²) in [5, 5.41) is 4.82. The van der Waals surface area contributed by atoms with E-state index in [-0.39, 0.29) is 11.8 Å². The molecule has 0 aromatic heterocycles. The molecule has 0 saturated heterocycles. The first kappa shape index (κ1) is 20.9. The normalized spacial score (nSPS) is 12.5. The molecule has 0 unspecified atom stereocenters. The first-order valence-corrected chi connectivity index (χ1v) is 11.1. The molecule has 1 aliphatic rings. The predicted molar refractivity (Wildman–Crippen MR) is 125 cm³/mol. The Kier molecular flexibility index (Phi) is 6.21. The highest BCUT2D eigenvalue weighted by Crippen LogP contribution is 2.40. The van der Waals surface area contributed by atoms with Crippen LogP contribution in [0.1, 0.15) is 60.2 Å². The van der Waals surface area contributed by atoms with Gasteiger partial charge in [-0.15, -0.1) is 0 Å². The van der Waals surface area contributed by atoms with Crippen molar-refractivity contribution in [1.29, 1.82) is 0 Å². The van der Waals surface area contributed by atoms with Crippen molar-refractivity contribution in [2.45, 2.75) is 39.5 Å². The lowest BCUT2D eigenvalue weighted by Crippen LogP contribution is -2.27. The number of hydrogen-bond acceptors (Lipinski definition) is 3. The van der Waals surface area contributed by atoms with Gasteiger partial charge in [0.15, 0.2) is 0 Å². The molecule has 2 amide bonds. The van der Waals surface area contributed by atoms with Crippen molar-refractivity contribution in [2.75, 3.05) is 23.4 Å². The lowest BCUT2D eigenvalue weighted by molar-refractivity contribution is 0.0991. The van der Waals surface area contributed by atoms with Crippen LogP contribution >= 0.6 is 0 Å². The molecule has 3 aromatic rings. The quantitative estimate of drug-likeness (QED) is 0.433. The molecule has 0 radical (unpaired) electrons. The summed E-state index contributed by atoms with van der Waals surface area (Å²) in [7, 11) is 0. The number of carbonyl (C=O) groups excluding carboxylic acids is 2. The van der Waals surface area contributed by atoms with E-state index in [9.17, 15) is 9.59 Å². The molecule has 0 spiro atoms. The van der Waals surface area contributed by atoms with Gasteiger partial charge in [0.1, 0.15) is 5.75 Å². The molecule has 4 rings (SSSR count). The second-order valence-electron chi connectivity index (χ2n) is 7.85. The Morgan fingerprint density at radius 2 is 1.81 bits per heavy atom. The van der Waals surface area contributed by atoms with Crippen LogP contribution in [0.3, 0.4) is 0 Å². The Morgan fingerprint density at radius 1 is 1.00 bits per heavy atom. The van der Waals surface area contributed by atoms with E-state index in [1.54, 1.807) is 12.1 Å². The van der Waals surface area contributed by atoms with Gasteiger partial charge in [0, 0.05) is 34.1 Å². The molecule has 1 heterocycles. The van der Waals surface area contributed by atoms with Crippen LogP contribution in [-0.4, -0.2) is 25.0 Å². The number of nitrogens with zero attached hydrogens (tertiary/aromatic N) is 1. The Bertz CT molecular complexity index is 1120. The summed E-state index contributed by atoms with van der Waals surface area (Å²) in [4.78, 5) is 27.7. The smallest absolute Gasteiger partial charge is 0.258 e. The minimum Gasteiger partial charge on any atom is -0.494 e. The van der Waals surface area contributed by atoms with Crippen LogP contribution in [0.25, 0.3) is 10.8 Å². The van der Waals surface area contributed by atoms with Crippen molar-refractivity contribution in [3.8, 4) is 5.75 Å². The van der Waals surface area contributed by atoms with Gasteiger partial charge in [0.05, 0.1) is 12.3 Å². The van der Waals surface area contributed by atoms with E-state index in [1.165, 1.54) is 0 Å². The minimum absolute atomic E-state index is 0.0365. The zero-order chi connectivity index (χ0) is 21.8. The molecule has 5 nitrogen and oxygen atoms in total. The summed E-state index contributed by atoms with van der Waals surface area (Å²) in [6.07, 6.45) is 4.02. The maximum absolute atomic E-state index is 13.0. The molecular formula is C26H28N2O3. The third-order valence-corrected chi connectivity index (χ3v) is 5.63. The molecule has 3 aromatic carbocycles. The standard InChI is InChI=1S/C26H28N2O3/c1-3-5-15-28-23-14-13-22(20-11-8-12-21(24(20)23)26(28)30)27-25(29)18-9-7-10-19(17-18)31-16-6-4-2/h7-14,17H,3-6,15-16H2,1-2H3,(H,27,29).